The molecule has 3 aromatic carbocycles. The predicted octanol–water partition coefficient (Wildman–Crippen LogP) is 7.53. The highest BCUT2D eigenvalue weighted by atomic mass is 79.9. The number of amides is 4. The summed E-state index contributed by atoms with van der Waals surface area (Å²) in [4.78, 5) is 38.8. The van der Waals surface area contributed by atoms with Gasteiger partial charge in [-0.1, -0.05) is 51.3 Å². The predicted molar refractivity (Wildman–Crippen MR) is 146 cm³/mol. The summed E-state index contributed by atoms with van der Waals surface area (Å²) in [5, 5.41) is 2.61. The first kappa shape index (κ1) is 25.9. The summed E-state index contributed by atoms with van der Waals surface area (Å²) in [5.41, 5.74) is 1.47. The van der Waals surface area contributed by atoms with E-state index in [1.807, 2.05) is 24.3 Å². The Hall–Kier alpha value is -2.17. The van der Waals surface area contributed by atoms with Crippen molar-refractivity contribution in [3.05, 3.63) is 94.8 Å². The number of hydrogen-bond acceptors (Lipinski definition) is 4. The molecule has 1 saturated heterocycles. The number of barbiturate groups is 1. The standard InChI is InChI=1S/C24H13Br3Cl2N2O4/c25-14-3-1-12(2-4-14)11-35-21-17(26)8-13(9-18(21)27)7-16-22(32)30-24(34)31(23(16)33)15-5-6-19(28)20(29)10-15/h1-10H,11H2,(H,30,32,34)/b16-7+. The summed E-state index contributed by atoms with van der Waals surface area (Å²) in [5.74, 6) is -1.04. The lowest BCUT2D eigenvalue weighted by Gasteiger charge is -2.26. The van der Waals surface area contributed by atoms with Crippen molar-refractivity contribution >= 4 is 101 Å². The van der Waals surface area contributed by atoms with E-state index >= 15 is 0 Å². The number of nitrogens with zero attached hydrogens (tertiary/aromatic N) is 1. The molecule has 0 spiro atoms. The fourth-order valence-electron chi connectivity index (χ4n) is 3.22. The van der Waals surface area contributed by atoms with Crippen molar-refractivity contribution in [1.82, 2.24) is 5.32 Å². The van der Waals surface area contributed by atoms with Crippen LogP contribution < -0.4 is 15.0 Å². The second-order valence-electron chi connectivity index (χ2n) is 7.29. The maximum atomic E-state index is 13.1. The van der Waals surface area contributed by atoms with Crippen LogP contribution in [0.15, 0.2) is 73.6 Å². The van der Waals surface area contributed by atoms with Crippen LogP contribution in [-0.4, -0.2) is 17.8 Å². The average Bonchev–Trinajstić information content (AvgIpc) is 2.79. The molecule has 0 radical (unpaired) electrons. The number of hydrogen-bond donors (Lipinski definition) is 1. The van der Waals surface area contributed by atoms with E-state index in [1.165, 1.54) is 24.3 Å². The van der Waals surface area contributed by atoms with Crippen LogP contribution >= 0.6 is 71.0 Å². The van der Waals surface area contributed by atoms with Crippen molar-refractivity contribution < 1.29 is 19.1 Å². The number of rotatable bonds is 5. The highest BCUT2D eigenvalue weighted by molar-refractivity contribution is 9.11. The Morgan fingerprint density at radius 3 is 2.17 bits per heavy atom. The van der Waals surface area contributed by atoms with Crippen molar-refractivity contribution in [1.29, 1.82) is 0 Å². The van der Waals surface area contributed by atoms with Gasteiger partial charge in [-0.2, -0.15) is 0 Å². The van der Waals surface area contributed by atoms with Gasteiger partial charge in [0.2, 0.25) is 0 Å². The van der Waals surface area contributed by atoms with Gasteiger partial charge >= 0.3 is 6.03 Å². The Morgan fingerprint density at radius 2 is 1.54 bits per heavy atom. The molecule has 1 fully saturated rings. The normalized spacial score (nSPS) is 14.9. The van der Waals surface area contributed by atoms with Crippen molar-refractivity contribution in [3.63, 3.8) is 0 Å². The van der Waals surface area contributed by atoms with Crippen molar-refractivity contribution in [3.8, 4) is 5.75 Å². The minimum Gasteiger partial charge on any atom is -0.487 e. The smallest absolute Gasteiger partial charge is 0.335 e. The molecule has 0 bridgehead atoms. The monoisotopic (exact) mass is 700 g/mol. The van der Waals surface area contributed by atoms with Gasteiger partial charge in [-0.15, -0.1) is 0 Å². The molecule has 4 rings (SSSR count). The maximum absolute atomic E-state index is 13.1. The van der Waals surface area contributed by atoms with Gasteiger partial charge in [-0.05, 0) is 91.5 Å². The molecule has 0 aromatic heterocycles. The number of urea groups is 1. The molecule has 1 aliphatic heterocycles. The first-order valence-corrected chi connectivity index (χ1v) is 13.0. The summed E-state index contributed by atoms with van der Waals surface area (Å²) in [6.45, 7) is 0.340. The second kappa shape index (κ2) is 10.8. The number of carbonyl (C=O) groups is 3. The Balaban J connectivity index is 1.61. The number of benzene rings is 3. The molecule has 0 atom stereocenters. The summed E-state index contributed by atoms with van der Waals surface area (Å²) in [7, 11) is 0. The van der Waals surface area contributed by atoms with Gasteiger partial charge in [0.25, 0.3) is 11.8 Å². The van der Waals surface area contributed by atoms with Gasteiger partial charge in [0.05, 0.1) is 24.7 Å². The molecule has 3 aromatic rings. The number of imide groups is 2. The third-order valence-corrected chi connectivity index (χ3v) is 7.34. The number of halogens is 5. The molecule has 0 aliphatic carbocycles. The first-order chi connectivity index (χ1) is 16.6. The van der Waals surface area contributed by atoms with E-state index in [1.54, 1.807) is 12.1 Å². The molecule has 1 N–H and O–H groups in total. The van der Waals surface area contributed by atoms with Gasteiger partial charge in [0.1, 0.15) is 17.9 Å². The first-order valence-electron chi connectivity index (χ1n) is 9.87. The van der Waals surface area contributed by atoms with Crippen LogP contribution in [0.5, 0.6) is 5.75 Å². The molecule has 0 saturated carbocycles. The quantitative estimate of drug-likeness (QED) is 0.220. The number of carbonyl (C=O) groups excluding carboxylic acids is 3. The average molecular weight is 704 g/mol. The largest absolute Gasteiger partial charge is 0.487 e. The molecule has 178 valence electrons. The topological polar surface area (TPSA) is 75.7 Å². The van der Waals surface area contributed by atoms with Crippen LogP contribution in [-0.2, 0) is 16.2 Å². The fraction of sp³-hybridized carbons (Fsp3) is 0.0417. The van der Waals surface area contributed by atoms with Gasteiger partial charge in [0, 0.05) is 4.47 Å². The Labute approximate surface area is 235 Å². The van der Waals surface area contributed by atoms with E-state index < -0.39 is 17.8 Å². The number of ether oxygens (including phenoxy) is 1. The maximum Gasteiger partial charge on any atom is 0.335 e. The summed E-state index contributed by atoms with van der Waals surface area (Å²) >= 11 is 22.3. The van der Waals surface area contributed by atoms with Gasteiger partial charge in [-0.25, -0.2) is 9.69 Å². The molecule has 35 heavy (non-hydrogen) atoms. The lowest BCUT2D eigenvalue weighted by atomic mass is 10.1. The molecule has 11 heteroatoms. The third-order valence-electron chi connectivity index (χ3n) is 4.89. The van der Waals surface area contributed by atoms with Crippen LogP contribution in [0.3, 0.4) is 0 Å². The highest BCUT2D eigenvalue weighted by Gasteiger charge is 2.37. The summed E-state index contributed by atoms with van der Waals surface area (Å²) in [6.07, 6.45) is 1.39. The second-order valence-corrected chi connectivity index (χ2v) is 10.7. The molecular weight excluding hydrogens is 691 g/mol. The van der Waals surface area contributed by atoms with Gasteiger partial charge in [0.15, 0.2) is 0 Å². The highest BCUT2D eigenvalue weighted by Crippen LogP contribution is 2.36. The van der Waals surface area contributed by atoms with Crippen LogP contribution in [0.2, 0.25) is 10.0 Å². The zero-order chi connectivity index (χ0) is 25.3. The van der Waals surface area contributed by atoms with E-state index in [0.29, 0.717) is 26.9 Å². The molecule has 1 heterocycles. The van der Waals surface area contributed by atoms with Crippen molar-refractivity contribution in [2.75, 3.05) is 4.90 Å². The minimum atomic E-state index is -0.880. The van der Waals surface area contributed by atoms with Crippen LogP contribution in [0.4, 0.5) is 10.5 Å². The molecular formula is C24H13Br3Cl2N2O4. The Morgan fingerprint density at radius 1 is 0.886 bits per heavy atom. The SMILES string of the molecule is O=C1NC(=O)N(c2ccc(Cl)c(Cl)c2)C(=O)/C1=C/c1cc(Br)c(OCc2ccc(Br)cc2)c(Br)c1. The number of anilines is 1. The minimum absolute atomic E-state index is 0.166. The van der Waals surface area contributed by atoms with Crippen LogP contribution in [0, 0.1) is 0 Å². The lowest BCUT2D eigenvalue weighted by Crippen LogP contribution is -2.54. The molecule has 1 aliphatic rings. The van der Waals surface area contributed by atoms with E-state index in [0.717, 1.165) is 14.9 Å². The number of nitrogens with one attached hydrogen (secondary N) is 1. The van der Waals surface area contributed by atoms with E-state index in [-0.39, 0.29) is 21.3 Å². The van der Waals surface area contributed by atoms with E-state index in [9.17, 15) is 14.4 Å². The van der Waals surface area contributed by atoms with Crippen LogP contribution in [0.1, 0.15) is 11.1 Å². The molecule has 4 amide bonds. The van der Waals surface area contributed by atoms with E-state index in [4.69, 9.17) is 27.9 Å². The molecule has 6 nitrogen and oxygen atoms in total. The third kappa shape index (κ3) is 5.81. The zero-order valence-electron chi connectivity index (χ0n) is 17.5. The lowest BCUT2D eigenvalue weighted by molar-refractivity contribution is -0.122. The Bertz CT molecular complexity index is 1370. The fourth-order valence-corrected chi connectivity index (χ4v) is 5.23. The van der Waals surface area contributed by atoms with Crippen molar-refractivity contribution in [2.24, 2.45) is 0 Å². The van der Waals surface area contributed by atoms with Gasteiger partial charge in [-0.3, -0.25) is 14.9 Å². The van der Waals surface area contributed by atoms with Crippen LogP contribution in [0.25, 0.3) is 6.08 Å². The van der Waals surface area contributed by atoms with Crippen molar-refractivity contribution in [2.45, 2.75) is 6.61 Å². The zero-order valence-corrected chi connectivity index (χ0v) is 23.7. The van der Waals surface area contributed by atoms with Gasteiger partial charge < -0.3 is 4.74 Å². The summed E-state index contributed by atoms with van der Waals surface area (Å²) in [6, 6.07) is 14.6. The molecule has 0 unspecified atom stereocenters. The summed E-state index contributed by atoms with van der Waals surface area (Å²) < 4.78 is 8.13. The van der Waals surface area contributed by atoms with E-state index in [2.05, 4.69) is 53.1 Å². The Kier molecular flexibility index (Phi) is 8.02.